The zero-order chi connectivity index (χ0) is 18.6. The molecule has 27 heavy (non-hydrogen) atoms. The number of hydrogen-bond acceptors (Lipinski definition) is 5. The minimum Gasteiger partial charge on any atom is -0.379 e. The molecule has 7 nitrogen and oxygen atoms in total. The van der Waals surface area contributed by atoms with Crippen LogP contribution in [0.25, 0.3) is 5.78 Å². The Morgan fingerprint density at radius 3 is 2.56 bits per heavy atom. The van der Waals surface area contributed by atoms with E-state index < -0.39 is 0 Å². The summed E-state index contributed by atoms with van der Waals surface area (Å²) in [5.41, 5.74) is 3.74. The lowest BCUT2D eigenvalue weighted by atomic mass is 10.2. The Morgan fingerprint density at radius 2 is 1.74 bits per heavy atom. The van der Waals surface area contributed by atoms with Gasteiger partial charge in [-0.05, 0) is 24.1 Å². The SMILES string of the molecule is Cc1ccccc1NCc1cc(=O)n2[nH]c(NCc3ccccc3)nc2n1. The summed E-state index contributed by atoms with van der Waals surface area (Å²) < 4.78 is 1.34. The predicted octanol–water partition coefficient (Wildman–Crippen LogP) is 2.95. The van der Waals surface area contributed by atoms with E-state index in [1.54, 1.807) is 0 Å². The summed E-state index contributed by atoms with van der Waals surface area (Å²) in [6.45, 7) is 3.10. The molecule has 0 aliphatic heterocycles. The van der Waals surface area contributed by atoms with Gasteiger partial charge >= 0.3 is 0 Å². The molecule has 0 aliphatic rings. The molecule has 0 aliphatic carbocycles. The van der Waals surface area contributed by atoms with Gasteiger partial charge < -0.3 is 10.6 Å². The topological polar surface area (TPSA) is 87.1 Å². The Bertz CT molecular complexity index is 1120. The summed E-state index contributed by atoms with van der Waals surface area (Å²) in [5, 5.41) is 9.43. The number of nitrogens with zero attached hydrogens (tertiary/aromatic N) is 3. The lowest BCUT2D eigenvalue weighted by Crippen LogP contribution is -2.17. The van der Waals surface area contributed by atoms with Crippen LogP contribution in [0.5, 0.6) is 0 Å². The number of aromatic amines is 1. The minimum absolute atomic E-state index is 0.193. The highest BCUT2D eigenvalue weighted by atomic mass is 16.1. The van der Waals surface area contributed by atoms with Gasteiger partial charge in [-0.2, -0.15) is 9.50 Å². The maximum Gasteiger partial charge on any atom is 0.274 e. The largest absolute Gasteiger partial charge is 0.379 e. The van der Waals surface area contributed by atoms with Crippen molar-refractivity contribution in [2.24, 2.45) is 0 Å². The van der Waals surface area contributed by atoms with Gasteiger partial charge in [0.1, 0.15) is 0 Å². The number of H-pyrrole nitrogens is 1. The second-order valence-corrected chi connectivity index (χ2v) is 6.30. The quantitative estimate of drug-likeness (QED) is 0.492. The molecule has 2 aromatic carbocycles. The number of hydrogen-bond donors (Lipinski definition) is 3. The first-order valence-electron chi connectivity index (χ1n) is 8.75. The molecule has 0 bridgehead atoms. The van der Waals surface area contributed by atoms with Crippen LogP contribution in [0.1, 0.15) is 16.8 Å². The second-order valence-electron chi connectivity index (χ2n) is 6.30. The van der Waals surface area contributed by atoms with E-state index in [1.165, 1.54) is 10.6 Å². The first kappa shape index (κ1) is 16.8. The molecule has 0 amide bonds. The summed E-state index contributed by atoms with van der Waals surface area (Å²) >= 11 is 0. The fourth-order valence-corrected chi connectivity index (χ4v) is 2.84. The lowest BCUT2D eigenvalue weighted by Gasteiger charge is -2.08. The highest BCUT2D eigenvalue weighted by Crippen LogP contribution is 2.14. The zero-order valence-corrected chi connectivity index (χ0v) is 14.9. The first-order chi connectivity index (χ1) is 13.2. The summed E-state index contributed by atoms with van der Waals surface area (Å²) in [4.78, 5) is 21.2. The van der Waals surface area contributed by atoms with E-state index in [4.69, 9.17) is 0 Å². The van der Waals surface area contributed by atoms with E-state index in [1.807, 2.05) is 61.5 Å². The van der Waals surface area contributed by atoms with Gasteiger partial charge in [0.05, 0.1) is 12.2 Å². The molecule has 4 aromatic rings. The zero-order valence-electron chi connectivity index (χ0n) is 14.9. The number of rotatable bonds is 6. The van der Waals surface area contributed by atoms with Crippen LogP contribution in [0.15, 0.2) is 65.5 Å². The summed E-state index contributed by atoms with van der Waals surface area (Å²) in [6, 6.07) is 19.5. The maximum absolute atomic E-state index is 12.4. The Kier molecular flexibility index (Phi) is 4.57. The van der Waals surface area contributed by atoms with Gasteiger partial charge in [0.25, 0.3) is 11.3 Å². The normalized spacial score (nSPS) is 10.9. The molecular formula is C20H20N6O. The molecule has 2 aromatic heterocycles. The second kappa shape index (κ2) is 7.33. The summed E-state index contributed by atoms with van der Waals surface area (Å²) in [7, 11) is 0. The van der Waals surface area contributed by atoms with Crippen molar-refractivity contribution in [2.45, 2.75) is 20.0 Å². The highest BCUT2D eigenvalue weighted by molar-refractivity contribution is 5.50. The van der Waals surface area contributed by atoms with Crippen LogP contribution in [0, 0.1) is 6.92 Å². The fraction of sp³-hybridized carbons (Fsp3) is 0.150. The maximum atomic E-state index is 12.4. The van der Waals surface area contributed by atoms with Gasteiger partial charge in [-0.1, -0.05) is 48.5 Å². The van der Waals surface area contributed by atoms with Crippen LogP contribution in [0.2, 0.25) is 0 Å². The van der Waals surface area contributed by atoms with Gasteiger partial charge in [0.2, 0.25) is 5.95 Å². The highest BCUT2D eigenvalue weighted by Gasteiger charge is 2.08. The van der Waals surface area contributed by atoms with Crippen LogP contribution in [0.3, 0.4) is 0 Å². The van der Waals surface area contributed by atoms with Crippen LogP contribution < -0.4 is 16.2 Å². The molecule has 0 fully saturated rings. The van der Waals surface area contributed by atoms with Crippen molar-refractivity contribution >= 4 is 17.4 Å². The number of fused-ring (bicyclic) bond motifs is 1. The number of aromatic nitrogens is 4. The molecule has 0 unspecified atom stereocenters. The summed E-state index contributed by atoms with van der Waals surface area (Å²) in [6.07, 6.45) is 0. The molecular weight excluding hydrogens is 340 g/mol. The van der Waals surface area contributed by atoms with Crippen LogP contribution in [-0.2, 0) is 13.1 Å². The van der Waals surface area contributed by atoms with Crippen molar-refractivity contribution in [1.29, 1.82) is 0 Å². The number of nitrogens with one attached hydrogen (secondary N) is 3. The van der Waals surface area contributed by atoms with E-state index in [0.29, 0.717) is 30.5 Å². The van der Waals surface area contributed by atoms with Gasteiger partial charge in [0, 0.05) is 18.3 Å². The third-order valence-corrected chi connectivity index (χ3v) is 4.29. The average molecular weight is 360 g/mol. The van der Waals surface area contributed by atoms with E-state index in [-0.39, 0.29) is 5.56 Å². The molecule has 7 heteroatoms. The fourth-order valence-electron chi connectivity index (χ4n) is 2.84. The number of anilines is 2. The lowest BCUT2D eigenvalue weighted by molar-refractivity contribution is 0.874. The first-order valence-corrected chi connectivity index (χ1v) is 8.75. The predicted molar refractivity (Wildman–Crippen MR) is 106 cm³/mol. The van der Waals surface area contributed by atoms with Gasteiger partial charge in [-0.15, -0.1) is 0 Å². The molecule has 0 radical (unpaired) electrons. The Labute approximate surface area is 156 Å². The Morgan fingerprint density at radius 1 is 0.963 bits per heavy atom. The van der Waals surface area contributed by atoms with Crippen LogP contribution in [0.4, 0.5) is 11.6 Å². The van der Waals surface area contributed by atoms with Gasteiger partial charge in [-0.25, -0.2) is 4.98 Å². The van der Waals surface area contributed by atoms with Gasteiger partial charge in [0.15, 0.2) is 0 Å². The van der Waals surface area contributed by atoms with Crippen molar-refractivity contribution in [2.75, 3.05) is 10.6 Å². The molecule has 0 atom stereocenters. The molecule has 2 heterocycles. The van der Waals surface area contributed by atoms with E-state index in [9.17, 15) is 4.79 Å². The Balaban J connectivity index is 1.51. The van der Waals surface area contributed by atoms with Crippen molar-refractivity contribution in [3.8, 4) is 0 Å². The van der Waals surface area contributed by atoms with Crippen molar-refractivity contribution in [1.82, 2.24) is 19.6 Å². The third kappa shape index (κ3) is 3.82. The van der Waals surface area contributed by atoms with E-state index >= 15 is 0 Å². The smallest absolute Gasteiger partial charge is 0.274 e. The molecule has 136 valence electrons. The molecule has 4 rings (SSSR count). The van der Waals surface area contributed by atoms with Crippen molar-refractivity contribution in [3.05, 3.63) is 87.8 Å². The molecule has 3 N–H and O–H groups in total. The average Bonchev–Trinajstić information content (AvgIpc) is 3.10. The Hall–Kier alpha value is -3.61. The summed E-state index contributed by atoms with van der Waals surface area (Å²) in [5.74, 6) is 0.854. The number of aryl methyl sites for hydroxylation is 1. The van der Waals surface area contributed by atoms with E-state index in [0.717, 1.165) is 16.8 Å². The molecule has 0 spiro atoms. The molecule has 0 saturated carbocycles. The van der Waals surface area contributed by atoms with Crippen molar-refractivity contribution in [3.63, 3.8) is 0 Å². The van der Waals surface area contributed by atoms with E-state index in [2.05, 4.69) is 25.7 Å². The molecule has 0 saturated heterocycles. The van der Waals surface area contributed by atoms with Gasteiger partial charge in [-0.3, -0.25) is 9.89 Å². The standard InChI is InChI=1S/C20H20N6O/c1-14-7-5-6-10-17(14)21-13-16-11-18(27)26-20(23-16)24-19(25-26)22-12-15-8-3-2-4-9-15/h2-11,21H,12-13H2,1H3,(H2,22,23,24,25). The third-order valence-electron chi connectivity index (χ3n) is 4.29. The van der Waals surface area contributed by atoms with Crippen LogP contribution >= 0.6 is 0 Å². The number of benzene rings is 2. The monoisotopic (exact) mass is 360 g/mol. The minimum atomic E-state index is -0.193. The van der Waals surface area contributed by atoms with Crippen molar-refractivity contribution < 1.29 is 0 Å². The van der Waals surface area contributed by atoms with Crippen LogP contribution in [-0.4, -0.2) is 19.6 Å². The number of para-hydroxylation sites is 1.